The van der Waals surface area contributed by atoms with Gasteiger partial charge in [-0.25, -0.2) is 14.8 Å². The molecule has 9 heteroatoms. The molecule has 28 heavy (non-hydrogen) atoms. The van der Waals surface area contributed by atoms with Crippen LogP contribution in [0.5, 0.6) is 0 Å². The number of fused-ring (bicyclic) bond motifs is 2. The van der Waals surface area contributed by atoms with E-state index in [0.29, 0.717) is 37.1 Å². The molecule has 0 aliphatic carbocycles. The van der Waals surface area contributed by atoms with Crippen molar-refractivity contribution in [2.45, 2.75) is 70.2 Å². The lowest BCUT2D eigenvalue weighted by molar-refractivity contribution is 0.0206. The maximum absolute atomic E-state index is 12.4. The van der Waals surface area contributed by atoms with Crippen LogP contribution in [-0.2, 0) is 9.47 Å². The van der Waals surface area contributed by atoms with Crippen molar-refractivity contribution in [3.8, 4) is 0 Å². The molecule has 0 saturated carbocycles. The number of anilines is 2. The third-order valence-corrected chi connectivity index (χ3v) is 5.44. The number of carbonyl (C=O) groups excluding carboxylic acids is 1. The van der Waals surface area contributed by atoms with Gasteiger partial charge in [-0.3, -0.25) is 0 Å². The number of nitrogens with one attached hydrogen (secondary N) is 1. The second-order valence-corrected chi connectivity index (χ2v) is 8.85. The normalized spacial score (nSPS) is 27.6. The van der Waals surface area contributed by atoms with Crippen LogP contribution in [-0.4, -0.2) is 76.0 Å². The molecule has 3 unspecified atom stereocenters. The molecule has 4 heterocycles. The number of ether oxygens (including phenoxy) is 2. The van der Waals surface area contributed by atoms with Gasteiger partial charge in [0.05, 0.1) is 25.3 Å². The van der Waals surface area contributed by atoms with Gasteiger partial charge >= 0.3 is 6.09 Å². The summed E-state index contributed by atoms with van der Waals surface area (Å²) in [6.45, 7) is 8.42. The minimum atomic E-state index is -0.488. The topological polar surface area (TPSA) is 92.7 Å². The van der Waals surface area contributed by atoms with Gasteiger partial charge in [0, 0.05) is 19.1 Å². The molecule has 1 amide bonds. The standard InChI is InChI=1S/C19H30N6O3/c1-19(2,3)28-18(26)24-8-4-5-13(9-24)22-16-20-12-21-17(23-16)25-14-6-7-15(25)11-27-10-14/h12-15H,4-11H2,1-3H3,(H,20,21,22,23). The maximum Gasteiger partial charge on any atom is 0.410 e. The fourth-order valence-corrected chi connectivity index (χ4v) is 4.21. The number of likely N-dealkylation sites (tertiary alicyclic amines) is 1. The van der Waals surface area contributed by atoms with E-state index in [1.807, 2.05) is 20.8 Å². The number of rotatable bonds is 3. The minimum absolute atomic E-state index is 0.0953. The molecular weight excluding hydrogens is 360 g/mol. The Morgan fingerprint density at radius 1 is 1.21 bits per heavy atom. The zero-order valence-electron chi connectivity index (χ0n) is 16.9. The molecule has 2 bridgehead atoms. The largest absolute Gasteiger partial charge is 0.444 e. The molecule has 1 N–H and O–H groups in total. The van der Waals surface area contributed by atoms with Crippen molar-refractivity contribution in [2.24, 2.45) is 0 Å². The first kappa shape index (κ1) is 19.2. The van der Waals surface area contributed by atoms with E-state index in [4.69, 9.17) is 9.47 Å². The monoisotopic (exact) mass is 390 g/mol. The van der Waals surface area contributed by atoms with Gasteiger partial charge in [0.25, 0.3) is 0 Å². The summed E-state index contributed by atoms with van der Waals surface area (Å²) in [7, 11) is 0. The highest BCUT2D eigenvalue weighted by Crippen LogP contribution is 2.32. The molecule has 1 aromatic heterocycles. The Morgan fingerprint density at radius 2 is 1.96 bits per heavy atom. The molecule has 3 aliphatic rings. The SMILES string of the molecule is CC(C)(C)OC(=O)N1CCCC(Nc2ncnc(N3C4CCC3COC4)n2)C1. The van der Waals surface area contributed by atoms with Crippen molar-refractivity contribution in [1.29, 1.82) is 0 Å². The summed E-state index contributed by atoms with van der Waals surface area (Å²) in [6, 6.07) is 0.801. The molecule has 0 radical (unpaired) electrons. The molecule has 3 aliphatic heterocycles. The van der Waals surface area contributed by atoms with Gasteiger partial charge < -0.3 is 24.6 Å². The lowest BCUT2D eigenvalue weighted by Crippen LogP contribution is -2.47. The van der Waals surface area contributed by atoms with Crippen molar-refractivity contribution < 1.29 is 14.3 Å². The summed E-state index contributed by atoms with van der Waals surface area (Å²) in [5, 5.41) is 3.39. The summed E-state index contributed by atoms with van der Waals surface area (Å²) < 4.78 is 11.2. The third-order valence-electron chi connectivity index (χ3n) is 5.44. The van der Waals surface area contributed by atoms with E-state index in [-0.39, 0.29) is 12.1 Å². The second kappa shape index (κ2) is 7.69. The highest BCUT2D eigenvalue weighted by atomic mass is 16.6. The zero-order valence-corrected chi connectivity index (χ0v) is 16.9. The van der Waals surface area contributed by atoms with Gasteiger partial charge in [0.15, 0.2) is 0 Å². The summed E-state index contributed by atoms with van der Waals surface area (Å²) in [5.41, 5.74) is -0.488. The first-order chi connectivity index (χ1) is 13.4. The summed E-state index contributed by atoms with van der Waals surface area (Å²) in [5.74, 6) is 1.28. The lowest BCUT2D eigenvalue weighted by Gasteiger charge is -2.35. The molecule has 3 saturated heterocycles. The van der Waals surface area contributed by atoms with E-state index < -0.39 is 5.60 Å². The number of amides is 1. The number of piperidine rings is 1. The van der Waals surface area contributed by atoms with E-state index in [9.17, 15) is 4.79 Å². The Labute approximate surface area is 165 Å². The van der Waals surface area contributed by atoms with Gasteiger partial charge in [-0.2, -0.15) is 4.98 Å². The first-order valence-corrected chi connectivity index (χ1v) is 10.2. The van der Waals surface area contributed by atoms with Crippen LogP contribution >= 0.6 is 0 Å². The van der Waals surface area contributed by atoms with Crippen LogP contribution in [0.2, 0.25) is 0 Å². The quantitative estimate of drug-likeness (QED) is 0.838. The molecule has 3 fully saturated rings. The van der Waals surface area contributed by atoms with E-state index in [1.165, 1.54) is 0 Å². The zero-order chi connectivity index (χ0) is 19.7. The number of nitrogens with zero attached hydrogens (tertiary/aromatic N) is 5. The second-order valence-electron chi connectivity index (χ2n) is 8.85. The number of aromatic nitrogens is 3. The summed E-state index contributed by atoms with van der Waals surface area (Å²) >= 11 is 0. The fraction of sp³-hybridized carbons (Fsp3) is 0.789. The van der Waals surface area contributed by atoms with Crippen LogP contribution in [0.1, 0.15) is 46.5 Å². The van der Waals surface area contributed by atoms with E-state index >= 15 is 0 Å². The van der Waals surface area contributed by atoms with Gasteiger partial charge in [0.1, 0.15) is 11.9 Å². The van der Waals surface area contributed by atoms with Crippen LogP contribution in [0.4, 0.5) is 16.7 Å². The highest BCUT2D eigenvalue weighted by Gasteiger charge is 2.39. The Morgan fingerprint density at radius 3 is 2.68 bits per heavy atom. The number of hydrogen-bond donors (Lipinski definition) is 1. The van der Waals surface area contributed by atoms with E-state index in [2.05, 4.69) is 25.2 Å². The van der Waals surface area contributed by atoms with Crippen LogP contribution in [0, 0.1) is 0 Å². The lowest BCUT2D eigenvalue weighted by atomic mass is 10.1. The van der Waals surface area contributed by atoms with Crippen LogP contribution < -0.4 is 10.2 Å². The number of hydrogen-bond acceptors (Lipinski definition) is 8. The van der Waals surface area contributed by atoms with Crippen molar-refractivity contribution >= 4 is 18.0 Å². The summed E-state index contributed by atoms with van der Waals surface area (Å²) in [4.78, 5) is 29.8. The fourth-order valence-electron chi connectivity index (χ4n) is 4.21. The molecule has 0 spiro atoms. The molecule has 154 valence electrons. The summed E-state index contributed by atoms with van der Waals surface area (Å²) in [6.07, 6.45) is 5.42. The Bertz CT molecular complexity index is 693. The van der Waals surface area contributed by atoms with Gasteiger partial charge in [-0.1, -0.05) is 0 Å². The van der Waals surface area contributed by atoms with Crippen molar-refractivity contribution in [2.75, 3.05) is 36.5 Å². The average molecular weight is 390 g/mol. The van der Waals surface area contributed by atoms with Crippen LogP contribution in [0.15, 0.2) is 6.33 Å². The van der Waals surface area contributed by atoms with Crippen LogP contribution in [0.3, 0.4) is 0 Å². The average Bonchev–Trinajstić information content (AvgIpc) is 2.89. The molecule has 9 nitrogen and oxygen atoms in total. The van der Waals surface area contributed by atoms with Crippen molar-refractivity contribution in [3.05, 3.63) is 6.33 Å². The van der Waals surface area contributed by atoms with E-state index in [0.717, 1.165) is 38.9 Å². The third kappa shape index (κ3) is 4.29. The smallest absolute Gasteiger partial charge is 0.410 e. The van der Waals surface area contributed by atoms with Gasteiger partial charge in [-0.05, 0) is 46.5 Å². The molecular formula is C19H30N6O3. The maximum atomic E-state index is 12.4. The van der Waals surface area contributed by atoms with Gasteiger partial charge in [-0.15, -0.1) is 0 Å². The Balaban J connectivity index is 1.40. The molecule has 4 rings (SSSR count). The first-order valence-electron chi connectivity index (χ1n) is 10.2. The van der Waals surface area contributed by atoms with E-state index in [1.54, 1.807) is 11.2 Å². The molecule has 0 aromatic carbocycles. The number of carbonyl (C=O) groups is 1. The van der Waals surface area contributed by atoms with Crippen molar-refractivity contribution in [1.82, 2.24) is 19.9 Å². The molecule has 3 atom stereocenters. The predicted octanol–water partition coefficient (Wildman–Crippen LogP) is 2.05. The molecule has 1 aromatic rings. The number of morpholine rings is 1. The highest BCUT2D eigenvalue weighted by molar-refractivity contribution is 5.68. The predicted molar refractivity (Wildman–Crippen MR) is 104 cm³/mol. The van der Waals surface area contributed by atoms with Gasteiger partial charge in [0.2, 0.25) is 11.9 Å². The Kier molecular flexibility index (Phi) is 5.27. The van der Waals surface area contributed by atoms with Crippen LogP contribution in [0.25, 0.3) is 0 Å². The minimum Gasteiger partial charge on any atom is -0.444 e. The van der Waals surface area contributed by atoms with Crippen molar-refractivity contribution in [3.63, 3.8) is 0 Å². The Hall–Kier alpha value is -2.16.